The summed E-state index contributed by atoms with van der Waals surface area (Å²) in [6, 6.07) is 3.24. The topological polar surface area (TPSA) is 84.7 Å². The van der Waals surface area contributed by atoms with E-state index in [9.17, 15) is 16.8 Å². The average molecular weight is 305 g/mol. The van der Waals surface area contributed by atoms with Crippen molar-refractivity contribution >= 4 is 19.9 Å². The lowest BCUT2D eigenvalue weighted by atomic mass is 10.3. The largest absolute Gasteiger partial charge is 0.468 e. The summed E-state index contributed by atoms with van der Waals surface area (Å²) in [5.41, 5.74) is 0. The summed E-state index contributed by atoms with van der Waals surface area (Å²) < 4.78 is 54.2. The highest BCUT2D eigenvalue weighted by atomic mass is 32.2. The molecule has 1 aromatic heterocycles. The smallest absolute Gasteiger partial charge is 0.217 e. The number of sulfonamides is 1. The standard InChI is InChI=1S/C11H15NO5S2/c13-18(14,8-9-2-1-5-17-9)11-6-12(7-11)19(15,16)10-3-4-10/h1-2,5,10-11H,3-4,6-8H2. The van der Waals surface area contributed by atoms with Gasteiger partial charge in [0.2, 0.25) is 10.0 Å². The van der Waals surface area contributed by atoms with Gasteiger partial charge in [0.05, 0.1) is 16.8 Å². The summed E-state index contributed by atoms with van der Waals surface area (Å²) in [5, 5.41) is -0.882. The van der Waals surface area contributed by atoms with Gasteiger partial charge in [0.25, 0.3) is 0 Å². The van der Waals surface area contributed by atoms with Gasteiger partial charge in [-0.3, -0.25) is 0 Å². The van der Waals surface area contributed by atoms with Gasteiger partial charge in [0.15, 0.2) is 9.84 Å². The summed E-state index contributed by atoms with van der Waals surface area (Å²) in [7, 11) is -6.58. The molecule has 1 saturated carbocycles. The van der Waals surface area contributed by atoms with E-state index in [-0.39, 0.29) is 24.1 Å². The molecular formula is C11H15NO5S2. The highest BCUT2D eigenvalue weighted by Crippen LogP contribution is 2.34. The maximum Gasteiger partial charge on any atom is 0.217 e. The van der Waals surface area contributed by atoms with Gasteiger partial charge in [-0.15, -0.1) is 0 Å². The van der Waals surface area contributed by atoms with Crippen molar-refractivity contribution in [2.45, 2.75) is 29.1 Å². The van der Waals surface area contributed by atoms with Crippen LogP contribution in [0.2, 0.25) is 0 Å². The Balaban J connectivity index is 1.63. The Hall–Kier alpha value is -0.860. The third-order valence-corrected chi connectivity index (χ3v) is 7.88. The fourth-order valence-electron chi connectivity index (χ4n) is 2.12. The van der Waals surface area contributed by atoms with Crippen LogP contribution in [-0.4, -0.2) is 44.7 Å². The monoisotopic (exact) mass is 305 g/mol. The Morgan fingerprint density at radius 3 is 2.37 bits per heavy atom. The molecule has 0 N–H and O–H groups in total. The predicted molar refractivity (Wildman–Crippen MR) is 68.6 cm³/mol. The van der Waals surface area contributed by atoms with Crippen molar-refractivity contribution in [3.8, 4) is 0 Å². The molecule has 0 amide bonds. The first-order chi connectivity index (χ1) is 8.89. The second-order valence-corrected chi connectivity index (χ2v) is 9.56. The first kappa shape index (κ1) is 13.1. The van der Waals surface area contributed by atoms with Gasteiger partial charge in [-0.05, 0) is 25.0 Å². The lowest BCUT2D eigenvalue weighted by Crippen LogP contribution is -2.57. The van der Waals surface area contributed by atoms with Crippen molar-refractivity contribution in [2.75, 3.05) is 13.1 Å². The van der Waals surface area contributed by atoms with E-state index in [0.717, 1.165) is 0 Å². The predicted octanol–water partition coefficient (Wildman–Crippen LogP) is 0.371. The normalized spacial score (nSPS) is 22.3. The molecule has 1 aliphatic heterocycles. The molecule has 19 heavy (non-hydrogen) atoms. The molecule has 6 nitrogen and oxygen atoms in total. The highest BCUT2D eigenvalue weighted by molar-refractivity contribution is 7.92. The molecule has 0 atom stereocenters. The molecule has 0 aromatic carbocycles. The van der Waals surface area contributed by atoms with Gasteiger partial charge in [-0.25, -0.2) is 16.8 Å². The van der Waals surface area contributed by atoms with Gasteiger partial charge < -0.3 is 4.42 Å². The van der Waals surface area contributed by atoms with Crippen LogP contribution < -0.4 is 0 Å². The second-order valence-electron chi connectivity index (χ2n) is 5.07. The number of sulfone groups is 1. The van der Waals surface area contributed by atoms with Crippen LogP contribution in [0.5, 0.6) is 0 Å². The van der Waals surface area contributed by atoms with Crippen molar-refractivity contribution < 1.29 is 21.3 Å². The maximum atomic E-state index is 12.1. The minimum absolute atomic E-state index is 0.0852. The van der Waals surface area contributed by atoms with Crippen LogP contribution in [-0.2, 0) is 25.6 Å². The summed E-state index contributed by atoms with van der Waals surface area (Å²) in [6.07, 6.45) is 2.82. The minimum Gasteiger partial charge on any atom is -0.468 e. The molecule has 0 spiro atoms. The Kier molecular flexibility index (Phi) is 2.99. The molecule has 1 aromatic rings. The van der Waals surface area contributed by atoms with Gasteiger partial charge in [-0.2, -0.15) is 4.31 Å². The lowest BCUT2D eigenvalue weighted by Gasteiger charge is -2.37. The van der Waals surface area contributed by atoms with Crippen LogP contribution in [0, 0.1) is 0 Å². The first-order valence-corrected chi connectivity index (χ1v) is 9.34. The van der Waals surface area contributed by atoms with E-state index < -0.39 is 25.1 Å². The van der Waals surface area contributed by atoms with Crippen molar-refractivity contribution in [3.63, 3.8) is 0 Å². The number of hydrogen-bond donors (Lipinski definition) is 0. The maximum absolute atomic E-state index is 12.1. The van der Waals surface area contributed by atoms with Crippen LogP contribution in [0.25, 0.3) is 0 Å². The van der Waals surface area contributed by atoms with E-state index in [1.165, 1.54) is 10.6 Å². The van der Waals surface area contributed by atoms with E-state index >= 15 is 0 Å². The average Bonchev–Trinajstić information content (AvgIpc) is 2.97. The molecule has 1 saturated heterocycles. The van der Waals surface area contributed by atoms with Crippen molar-refractivity contribution in [3.05, 3.63) is 24.2 Å². The third-order valence-electron chi connectivity index (χ3n) is 3.55. The molecule has 8 heteroatoms. The van der Waals surface area contributed by atoms with Gasteiger partial charge in [0, 0.05) is 13.1 Å². The summed E-state index contributed by atoms with van der Waals surface area (Å²) in [6.45, 7) is 0.170. The number of hydrogen-bond acceptors (Lipinski definition) is 5. The molecule has 3 rings (SSSR count). The van der Waals surface area contributed by atoms with Crippen LogP contribution in [0.4, 0.5) is 0 Å². The van der Waals surface area contributed by atoms with Gasteiger partial charge in [0.1, 0.15) is 11.5 Å². The first-order valence-electron chi connectivity index (χ1n) is 6.12. The molecule has 0 bridgehead atoms. The molecule has 2 aliphatic rings. The molecule has 2 fully saturated rings. The number of furan rings is 1. The Labute approximate surface area is 112 Å². The summed E-state index contributed by atoms with van der Waals surface area (Å²) in [4.78, 5) is 0. The highest BCUT2D eigenvalue weighted by Gasteiger charge is 2.48. The Bertz CT molecular complexity index is 652. The van der Waals surface area contributed by atoms with Crippen molar-refractivity contribution in [1.29, 1.82) is 0 Å². The molecule has 0 unspecified atom stereocenters. The summed E-state index contributed by atoms with van der Waals surface area (Å²) in [5.74, 6) is 0.227. The summed E-state index contributed by atoms with van der Waals surface area (Å²) >= 11 is 0. The fraction of sp³-hybridized carbons (Fsp3) is 0.636. The molecule has 106 valence electrons. The van der Waals surface area contributed by atoms with Crippen molar-refractivity contribution in [2.24, 2.45) is 0 Å². The van der Waals surface area contributed by atoms with Crippen LogP contribution in [0.3, 0.4) is 0 Å². The van der Waals surface area contributed by atoms with Gasteiger partial charge >= 0.3 is 0 Å². The second kappa shape index (κ2) is 4.32. The zero-order valence-electron chi connectivity index (χ0n) is 10.2. The molecule has 1 aliphatic carbocycles. The van der Waals surface area contributed by atoms with E-state index in [0.29, 0.717) is 18.6 Å². The zero-order valence-corrected chi connectivity index (χ0v) is 11.9. The third kappa shape index (κ3) is 2.44. The van der Waals surface area contributed by atoms with E-state index in [1.54, 1.807) is 12.1 Å². The van der Waals surface area contributed by atoms with Crippen molar-refractivity contribution in [1.82, 2.24) is 4.31 Å². The SMILES string of the molecule is O=S(=O)(Cc1ccco1)C1CN(S(=O)(=O)C2CC2)C1. The molecule has 2 heterocycles. The van der Waals surface area contributed by atoms with Crippen LogP contribution in [0.15, 0.2) is 22.8 Å². The van der Waals surface area contributed by atoms with E-state index in [1.807, 2.05) is 0 Å². The Morgan fingerprint density at radius 2 is 1.84 bits per heavy atom. The zero-order chi connectivity index (χ0) is 13.7. The lowest BCUT2D eigenvalue weighted by molar-refractivity contribution is 0.308. The molecule has 0 radical (unpaired) electrons. The number of rotatable bonds is 5. The minimum atomic E-state index is -3.34. The van der Waals surface area contributed by atoms with E-state index in [4.69, 9.17) is 4.42 Å². The Morgan fingerprint density at radius 1 is 1.16 bits per heavy atom. The van der Waals surface area contributed by atoms with Crippen LogP contribution in [0.1, 0.15) is 18.6 Å². The quantitative estimate of drug-likeness (QED) is 0.784. The van der Waals surface area contributed by atoms with Crippen LogP contribution >= 0.6 is 0 Å². The number of nitrogens with zero attached hydrogens (tertiary/aromatic N) is 1. The van der Waals surface area contributed by atoms with E-state index in [2.05, 4.69) is 0 Å². The molecular weight excluding hydrogens is 290 g/mol. The fourth-order valence-corrected chi connectivity index (χ4v) is 5.85. The van der Waals surface area contributed by atoms with Gasteiger partial charge in [-0.1, -0.05) is 0 Å².